The Kier molecular flexibility index (Phi) is 2.71. The zero-order chi connectivity index (χ0) is 12.8. The molecule has 1 aliphatic rings. The number of ether oxygens (including phenoxy) is 1. The fourth-order valence-electron chi connectivity index (χ4n) is 2.67. The molecule has 3 heteroatoms. The van der Waals surface area contributed by atoms with Crippen molar-refractivity contribution in [2.45, 2.75) is 44.9 Å². The molecule has 0 spiro atoms. The van der Waals surface area contributed by atoms with Crippen LogP contribution >= 0.6 is 0 Å². The van der Waals surface area contributed by atoms with Gasteiger partial charge in [0.1, 0.15) is 11.4 Å². The monoisotopic (exact) mass is 235 g/mol. The van der Waals surface area contributed by atoms with Crippen LogP contribution in [0.2, 0.25) is 0 Å². The molecule has 3 N–H and O–H groups in total. The summed E-state index contributed by atoms with van der Waals surface area (Å²) in [6.07, 6.45) is 0. The normalized spacial score (nSPS) is 30.9. The van der Waals surface area contributed by atoms with Crippen LogP contribution in [0.1, 0.15) is 39.2 Å². The maximum atomic E-state index is 10.6. The van der Waals surface area contributed by atoms with Crippen LogP contribution in [-0.2, 0) is 0 Å². The molecule has 1 heterocycles. The Morgan fingerprint density at radius 2 is 1.88 bits per heavy atom. The van der Waals surface area contributed by atoms with E-state index in [2.05, 4.69) is 13.8 Å². The molecule has 0 radical (unpaired) electrons. The number of nitrogens with two attached hydrogens (primary N) is 1. The second-order valence-corrected chi connectivity index (χ2v) is 5.70. The van der Waals surface area contributed by atoms with Crippen molar-refractivity contribution < 1.29 is 9.84 Å². The first kappa shape index (κ1) is 12.4. The first-order valence-electron chi connectivity index (χ1n) is 6.06. The van der Waals surface area contributed by atoms with Gasteiger partial charge < -0.3 is 9.84 Å². The predicted molar refractivity (Wildman–Crippen MR) is 67.9 cm³/mol. The van der Waals surface area contributed by atoms with Crippen molar-refractivity contribution in [2.24, 2.45) is 11.7 Å². The number of benzene rings is 1. The highest BCUT2D eigenvalue weighted by atomic mass is 16.5. The Morgan fingerprint density at radius 1 is 1.29 bits per heavy atom. The summed E-state index contributed by atoms with van der Waals surface area (Å²) in [7, 11) is 0. The van der Waals surface area contributed by atoms with Crippen LogP contribution in [-0.4, -0.2) is 16.4 Å². The van der Waals surface area contributed by atoms with Gasteiger partial charge in [-0.15, -0.1) is 0 Å². The summed E-state index contributed by atoms with van der Waals surface area (Å²) < 4.78 is 5.84. The maximum Gasteiger partial charge on any atom is 0.160 e. The van der Waals surface area contributed by atoms with Gasteiger partial charge in [-0.2, -0.15) is 0 Å². The summed E-state index contributed by atoms with van der Waals surface area (Å²) >= 11 is 0. The lowest BCUT2D eigenvalue weighted by Gasteiger charge is -2.50. The molecule has 0 fully saturated rings. The average molecular weight is 235 g/mol. The third-order valence-corrected chi connectivity index (χ3v) is 3.72. The predicted octanol–water partition coefficient (Wildman–Crippen LogP) is 2.24. The molecule has 2 atom stereocenters. The lowest BCUT2D eigenvalue weighted by atomic mass is 9.71. The maximum absolute atomic E-state index is 10.6. The smallest absolute Gasteiger partial charge is 0.160 e. The molecule has 1 aliphatic heterocycles. The van der Waals surface area contributed by atoms with E-state index in [0.29, 0.717) is 0 Å². The fourth-order valence-corrected chi connectivity index (χ4v) is 2.67. The average Bonchev–Trinajstić information content (AvgIpc) is 2.17. The van der Waals surface area contributed by atoms with Crippen LogP contribution in [0.5, 0.6) is 5.75 Å². The zero-order valence-electron chi connectivity index (χ0n) is 10.9. The minimum Gasteiger partial charge on any atom is -0.483 e. The molecule has 1 aromatic carbocycles. The Hall–Kier alpha value is -1.06. The van der Waals surface area contributed by atoms with Crippen molar-refractivity contribution in [3.63, 3.8) is 0 Å². The minimum atomic E-state index is -1.37. The summed E-state index contributed by atoms with van der Waals surface area (Å²) in [6.45, 7) is 7.80. The molecule has 2 unspecified atom stereocenters. The van der Waals surface area contributed by atoms with E-state index in [1.807, 2.05) is 38.1 Å². The second kappa shape index (κ2) is 3.72. The van der Waals surface area contributed by atoms with E-state index >= 15 is 0 Å². The number of hydrogen-bond acceptors (Lipinski definition) is 3. The third kappa shape index (κ3) is 1.74. The van der Waals surface area contributed by atoms with E-state index in [0.717, 1.165) is 11.3 Å². The number of rotatable bonds is 1. The van der Waals surface area contributed by atoms with E-state index in [-0.39, 0.29) is 11.8 Å². The molecule has 0 amide bonds. The third-order valence-electron chi connectivity index (χ3n) is 3.72. The first-order valence-corrected chi connectivity index (χ1v) is 6.06. The van der Waals surface area contributed by atoms with Gasteiger partial charge in [-0.25, -0.2) is 0 Å². The highest BCUT2D eigenvalue weighted by Gasteiger charge is 2.54. The van der Waals surface area contributed by atoms with E-state index in [4.69, 9.17) is 10.5 Å². The molecule has 3 nitrogen and oxygen atoms in total. The molecule has 94 valence electrons. The molecule has 0 aromatic heterocycles. The van der Waals surface area contributed by atoms with Gasteiger partial charge in [0.2, 0.25) is 0 Å². The van der Waals surface area contributed by atoms with E-state index in [1.165, 1.54) is 0 Å². The Morgan fingerprint density at radius 3 is 2.47 bits per heavy atom. The molecule has 2 rings (SSSR count). The van der Waals surface area contributed by atoms with Crippen LogP contribution in [0.15, 0.2) is 24.3 Å². The van der Waals surface area contributed by atoms with Crippen molar-refractivity contribution >= 4 is 0 Å². The van der Waals surface area contributed by atoms with Gasteiger partial charge in [0, 0.05) is 11.5 Å². The van der Waals surface area contributed by atoms with Crippen molar-refractivity contribution in [2.75, 3.05) is 0 Å². The van der Waals surface area contributed by atoms with Gasteiger partial charge >= 0.3 is 0 Å². The summed E-state index contributed by atoms with van der Waals surface area (Å²) in [5.74, 6) is 0.947. The first-order chi connectivity index (χ1) is 7.77. The van der Waals surface area contributed by atoms with Crippen molar-refractivity contribution in [1.29, 1.82) is 0 Å². The van der Waals surface area contributed by atoms with Crippen LogP contribution in [0.3, 0.4) is 0 Å². The van der Waals surface area contributed by atoms with Crippen LogP contribution < -0.4 is 10.5 Å². The van der Waals surface area contributed by atoms with Crippen LogP contribution in [0.4, 0.5) is 0 Å². The lowest BCUT2D eigenvalue weighted by molar-refractivity contribution is -0.149. The highest BCUT2D eigenvalue weighted by molar-refractivity contribution is 5.42. The molecular formula is C14H21NO2. The second-order valence-electron chi connectivity index (χ2n) is 5.70. The van der Waals surface area contributed by atoms with Crippen LogP contribution in [0.25, 0.3) is 0 Å². The lowest BCUT2D eigenvalue weighted by Crippen LogP contribution is -2.66. The topological polar surface area (TPSA) is 55.5 Å². The van der Waals surface area contributed by atoms with Gasteiger partial charge in [0.05, 0.1) is 0 Å². The summed E-state index contributed by atoms with van der Waals surface area (Å²) in [5, 5.41) is 10.6. The molecule has 0 bridgehead atoms. The SMILES string of the molecule is CC(C)C1c2ccccc2OC(C)(C)C1(N)O. The molecule has 0 aliphatic carbocycles. The molecule has 0 saturated heterocycles. The number of hydrogen-bond donors (Lipinski definition) is 2. The Bertz CT molecular complexity index is 424. The Labute approximate surface area is 103 Å². The van der Waals surface area contributed by atoms with Crippen molar-refractivity contribution in [1.82, 2.24) is 0 Å². The standard InChI is InChI=1S/C14H21NO2/c1-9(2)12-10-7-5-6-8-11(10)17-13(3,4)14(12,15)16/h5-9,12,16H,15H2,1-4H3. The van der Waals surface area contributed by atoms with E-state index < -0.39 is 11.3 Å². The largest absolute Gasteiger partial charge is 0.483 e. The minimum absolute atomic E-state index is 0.123. The number of aliphatic hydroxyl groups is 1. The molecule has 1 aromatic rings. The van der Waals surface area contributed by atoms with Crippen molar-refractivity contribution in [3.05, 3.63) is 29.8 Å². The summed E-state index contributed by atoms with van der Waals surface area (Å²) in [4.78, 5) is 0. The van der Waals surface area contributed by atoms with E-state index in [9.17, 15) is 5.11 Å². The fraction of sp³-hybridized carbons (Fsp3) is 0.571. The van der Waals surface area contributed by atoms with Gasteiger partial charge in [-0.05, 0) is 25.8 Å². The highest BCUT2D eigenvalue weighted by Crippen LogP contribution is 2.47. The molecular weight excluding hydrogens is 214 g/mol. The Balaban J connectivity index is 2.61. The van der Waals surface area contributed by atoms with Crippen molar-refractivity contribution in [3.8, 4) is 5.75 Å². The zero-order valence-corrected chi connectivity index (χ0v) is 10.9. The molecule has 0 saturated carbocycles. The summed E-state index contributed by atoms with van der Waals surface area (Å²) in [6, 6.07) is 7.80. The van der Waals surface area contributed by atoms with Gasteiger partial charge in [0.25, 0.3) is 0 Å². The quantitative estimate of drug-likeness (QED) is 0.734. The number of fused-ring (bicyclic) bond motifs is 1. The van der Waals surface area contributed by atoms with E-state index in [1.54, 1.807) is 0 Å². The van der Waals surface area contributed by atoms with Gasteiger partial charge in [-0.1, -0.05) is 32.0 Å². The van der Waals surface area contributed by atoms with Gasteiger partial charge in [0.15, 0.2) is 5.72 Å². The summed E-state index contributed by atoms with van der Waals surface area (Å²) in [5.41, 5.74) is 4.98. The molecule has 17 heavy (non-hydrogen) atoms. The van der Waals surface area contributed by atoms with Crippen LogP contribution in [0, 0.1) is 5.92 Å². The number of para-hydroxylation sites is 1. The van der Waals surface area contributed by atoms with Gasteiger partial charge in [-0.3, -0.25) is 5.73 Å².